The fourth-order valence-corrected chi connectivity index (χ4v) is 2.04. The fourth-order valence-electron chi connectivity index (χ4n) is 2.04. The average molecular weight is 227 g/mol. The normalized spacial score (nSPS) is 13.2. The molecule has 90 valence electrons. The van der Waals surface area contributed by atoms with E-state index in [1.54, 1.807) is 0 Å². The number of hydrogen-bond donors (Lipinski definition) is 1. The fraction of sp³-hybridized carbons (Fsp3) is 0.375. The first-order valence-electron chi connectivity index (χ1n) is 6.39. The first-order chi connectivity index (χ1) is 8.16. The van der Waals surface area contributed by atoms with Crippen LogP contribution in [-0.4, -0.2) is 12.6 Å². The average Bonchev–Trinajstić information content (AvgIpc) is 2.35. The molecule has 0 amide bonds. The number of hydrogen-bond acceptors (Lipinski definition) is 1. The molecule has 2 rings (SSSR count). The highest BCUT2D eigenvalue weighted by molar-refractivity contribution is 5.83. The second-order valence-corrected chi connectivity index (χ2v) is 5.07. The summed E-state index contributed by atoms with van der Waals surface area (Å²) in [4.78, 5) is 0. The van der Waals surface area contributed by atoms with Gasteiger partial charge in [0.15, 0.2) is 0 Å². The Kier molecular flexibility index (Phi) is 3.80. The predicted octanol–water partition coefficient (Wildman–Crippen LogP) is 3.94. The molecule has 1 nitrogen and oxygen atoms in total. The maximum Gasteiger partial charge on any atom is 0.00198 e. The molecule has 0 fully saturated rings. The van der Waals surface area contributed by atoms with Crippen LogP contribution in [0.15, 0.2) is 42.5 Å². The Bertz CT molecular complexity index is 488. The molecule has 0 spiro atoms. The van der Waals surface area contributed by atoms with Crippen molar-refractivity contribution in [1.29, 1.82) is 0 Å². The quantitative estimate of drug-likeness (QED) is 0.834. The first-order valence-corrected chi connectivity index (χ1v) is 6.39. The van der Waals surface area contributed by atoms with Crippen molar-refractivity contribution >= 4 is 10.8 Å². The monoisotopic (exact) mass is 227 g/mol. The molecule has 1 N–H and O–H groups in total. The van der Waals surface area contributed by atoms with Gasteiger partial charge in [-0.1, -0.05) is 63.2 Å². The van der Waals surface area contributed by atoms with E-state index in [4.69, 9.17) is 0 Å². The summed E-state index contributed by atoms with van der Waals surface area (Å²) >= 11 is 0. The summed E-state index contributed by atoms with van der Waals surface area (Å²) in [6.07, 6.45) is 0. The van der Waals surface area contributed by atoms with Crippen LogP contribution in [0.3, 0.4) is 0 Å². The van der Waals surface area contributed by atoms with Crippen LogP contribution in [0.4, 0.5) is 0 Å². The summed E-state index contributed by atoms with van der Waals surface area (Å²) in [6, 6.07) is 15.9. The first kappa shape index (κ1) is 12.1. The van der Waals surface area contributed by atoms with Crippen molar-refractivity contribution < 1.29 is 0 Å². The van der Waals surface area contributed by atoms with Crippen LogP contribution in [0.1, 0.15) is 32.3 Å². The summed E-state index contributed by atoms with van der Waals surface area (Å²) in [6.45, 7) is 7.69. The molecule has 1 heteroatoms. The zero-order valence-electron chi connectivity index (χ0n) is 10.9. The van der Waals surface area contributed by atoms with Crippen LogP contribution < -0.4 is 5.32 Å². The minimum atomic E-state index is 0.554. The van der Waals surface area contributed by atoms with E-state index in [0.717, 1.165) is 6.54 Å². The standard InChI is InChI=1S/C16H21N/c1-12(2)17-11-13(3)15-9-8-14-6-4-5-7-16(14)10-15/h4-10,12-13,17H,11H2,1-3H3. The molecule has 1 atom stereocenters. The molecule has 0 saturated carbocycles. The van der Waals surface area contributed by atoms with Gasteiger partial charge in [0, 0.05) is 12.6 Å². The zero-order valence-corrected chi connectivity index (χ0v) is 10.9. The molecule has 0 bridgehead atoms. The molecular formula is C16H21N. The van der Waals surface area contributed by atoms with Crippen LogP contribution in [0.2, 0.25) is 0 Å². The highest BCUT2D eigenvalue weighted by atomic mass is 14.9. The molecule has 0 aromatic heterocycles. The Morgan fingerprint density at radius 1 is 0.941 bits per heavy atom. The molecule has 0 aliphatic rings. The van der Waals surface area contributed by atoms with E-state index in [2.05, 4.69) is 68.6 Å². The van der Waals surface area contributed by atoms with Crippen molar-refractivity contribution in [2.45, 2.75) is 32.7 Å². The van der Waals surface area contributed by atoms with Crippen molar-refractivity contribution in [3.63, 3.8) is 0 Å². The van der Waals surface area contributed by atoms with Gasteiger partial charge in [-0.25, -0.2) is 0 Å². The van der Waals surface area contributed by atoms with E-state index in [0.29, 0.717) is 12.0 Å². The Balaban J connectivity index is 2.18. The Hall–Kier alpha value is -1.34. The van der Waals surface area contributed by atoms with Crippen LogP contribution in [0.25, 0.3) is 10.8 Å². The van der Waals surface area contributed by atoms with Gasteiger partial charge in [0.1, 0.15) is 0 Å². The summed E-state index contributed by atoms with van der Waals surface area (Å²) < 4.78 is 0. The van der Waals surface area contributed by atoms with E-state index in [9.17, 15) is 0 Å². The zero-order chi connectivity index (χ0) is 12.3. The van der Waals surface area contributed by atoms with Crippen LogP contribution >= 0.6 is 0 Å². The minimum Gasteiger partial charge on any atom is -0.314 e. The Labute approximate surface area is 104 Å². The smallest absolute Gasteiger partial charge is 0.00198 e. The lowest BCUT2D eigenvalue weighted by Crippen LogP contribution is -2.26. The second kappa shape index (κ2) is 5.33. The van der Waals surface area contributed by atoms with Crippen molar-refractivity contribution in [1.82, 2.24) is 5.32 Å². The lowest BCUT2D eigenvalue weighted by atomic mass is 9.97. The van der Waals surface area contributed by atoms with Crippen molar-refractivity contribution in [3.05, 3.63) is 48.0 Å². The lowest BCUT2D eigenvalue weighted by Gasteiger charge is -2.15. The predicted molar refractivity (Wildman–Crippen MR) is 75.5 cm³/mol. The number of rotatable bonds is 4. The van der Waals surface area contributed by atoms with Crippen molar-refractivity contribution in [2.24, 2.45) is 0 Å². The third-order valence-corrected chi connectivity index (χ3v) is 3.17. The lowest BCUT2D eigenvalue weighted by molar-refractivity contribution is 0.548. The molecule has 0 aliphatic heterocycles. The highest BCUT2D eigenvalue weighted by Crippen LogP contribution is 2.21. The topological polar surface area (TPSA) is 12.0 Å². The molecule has 2 aromatic carbocycles. The van der Waals surface area contributed by atoms with Crippen LogP contribution in [0, 0.1) is 0 Å². The number of fused-ring (bicyclic) bond motifs is 1. The van der Waals surface area contributed by atoms with Crippen LogP contribution in [-0.2, 0) is 0 Å². The van der Waals surface area contributed by atoms with Gasteiger partial charge in [0.25, 0.3) is 0 Å². The summed E-state index contributed by atoms with van der Waals surface area (Å²) in [5.41, 5.74) is 1.41. The van der Waals surface area contributed by atoms with E-state index < -0.39 is 0 Å². The maximum absolute atomic E-state index is 3.49. The van der Waals surface area contributed by atoms with Crippen molar-refractivity contribution in [2.75, 3.05) is 6.54 Å². The molecule has 0 saturated heterocycles. The van der Waals surface area contributed by atoms with E-state index in [1.807, 2.05) is 0 Å². The van der Waals surface area contributed by atoms with Gasteiger partial charge in [-0.15, -0.1) is 0 Å². The van der Waals surface area contributed by atoms with Gasteiger partial charge in [0.05, 0.1) is 0 Å². The molecular weight excluding hydrogens is 206 g/mol. The molecule has 0 radical (unpaired) electrons. The SMILES string of the molecule is CC(C)NCC(C)c1ccc2ccccc2c1. The van der Waals surface area contributed by atoms with Gasteiger partial charge in [0.2, 0.25) is 0 Å². The minimum absolute atomic E-state index is 0.554. The van der Waals surface area contributed by atoms with Gasteiger partial charge < -0.3 is 5.32 Å². The summed E-state index contributed by atoms with van der Waals surface area (Å²) in [5.74, 6) is 0.557. The number of benzene rings is 2. The number of nitrogens with one attached hydrogen (secondary N) is 1. The maximum atomic E-state index is 3.49. The van der Waals surface area contributed by atoms with Crippen molar-refractivity contribution in [3.8, 4) is 0 Å². The molecule has 0 heterocycles. The third-order valence-electron chi connectivity index (χ3n) is 3.17. The molecule has 17 heavy (non-hydrogen) atoms. The van der Waals surface area contributed by atoms with E-state index >= 15 is 0 Å². The molecule has 1 unspecified atom stereocenters. The second-order valence-electron chi connectivity index (χ2n) is 5.07. The van der Waals surface area contributed by atoms with Gasteiger partial charge in [-0.05, 0) is 22.3 Å². The summed E-state index contributed by atoms with van der Waals surface area (Å²) in [7, 11) is 0. The van der Waals surface area contributed by atoms with E-state index in [-0.39, 0.29) is 0 Å². The van der Waals surface area contributed by atoms with Crippen LogP contribution in [0.5, 0.6) is 0 Å². The summed E-state index contributed by atoms with van der Waals surface area (Å²) in [5, 5.41) is 6.15. The molecule has 0 aliphatic carbocycles. The van der Waals surface area contributed by atoms with E-state index in [1.165, 1.54) is 16.3 Å². The Morgan fingerprint density at radius 3 is 2.35 bits per heavy atom. The Morgan fingerprint density at radius 2 is 1.65 bits per heavy atom. The van der Waals surface area contributed by atoms with Gasteiger partial charge in [-0.3, -0.25) is 0 Å². The van der Waals surface area contributed by atoms with Gasteiger partial charge >= 0.3 is 0 Å². The van der Waals surface area contributed by atoms with Gasteiger partial charge in [-0.2, -0.15) is 0 Å². The third kappa shape index (κ3) is 3.07. The largest absolute Gasteiger partial charge is 0.314 e. The highest BCUT2D eigenvalue weighted by Gasteiger charge is 2.06. The molecule has 2 aromatic rings.